The molecule has 0 spiro atoms. The van der Waals surface area contributed by atoms with Gasteiger partial charge in [-0.2, -0.15) is 0 Å². The lowest BCUT2D eigenvalue weighted by Gasteiger charge is -2.02. The molecule has 0 aliphatic carbocycles. The number of hydrogen-bond acceptors (Lipinski definition) is 5. The molecule has 0 aliphatic heterocycles. The van der Waals surface area contributed by atoms with E-state index in [0.717, 1.165) is 0 Å². The molecule has 0 bridgehead atoms. The third-order valence-electron chi connectivity index (χ3n) is 2.42. The van der Waals surface area contributed by atoms with Gasteiger partial charge in [0.05, 0.1) is 12.7 Å². The van der Waals surface area contributed by atoms with Crippen LogP contribution in [0.3, 0.4) is 0 Å². The van der Waals surface area contributed by atoms with Crippen molar-refractivity contribution in [3.05, 3.63) is 45.8 Å². The van der Waals surface area contributed by atoms with Gasteiger partial charge >= 0.3 is 11.6 Å². The lowest BCUT2D eigenvalue weighted by Crippen LogP contribution is -2.20. The first kappa shape index (κ1) is 11.8. The zero-order valence-corrected chi connectivity index (χ0v) is 9.43. The van der Waals surface area contributed by atoms with E-state index in [0.29, 0.717) is 5.39 Å². The Hall–Kier alpha value is -2.63. The molecular formula is C12H9NO5. The molecule has 0 aliphatic rings. The summed E-state index contributed by atoms with van der Waals surface area (Å²) < 4.78 is 9.48. The van der Waals surface area contributed by atoms with Crippen LogP contribution in [0.1, 0.15) is 20.7 Å². The van der Waals surface area contributed by atoms with Crippen LogP contribution in [0.5, 0.6) is 0 Å². The first-order valence-electron chi connectivity index (χ1n) is 4.99. The Balaban J connectivity index is 2.69. The summed E-state index contributed by atoms with van der Waals surface area (Å²) in [6.07, 6.45) is 0. The fourth-order valence-electron chi connectivity index (χ4n) is 1.54. The molecule has 2 aromatic rings. The number of esters is 1. The standard InChI is InChI=1S/C12H9NO5/c1-17-11(15)6-2-3-9-7(4-6)5-8(10(13)14)12(16)18-9/h2-5H,1H3,(H2,13,14). The fraction of sp³-hybridized carbons (Fsp3) is 0.0833. The van der Waals surface area contributed by atoms with Gasteiger partial charge in [-0.3, -0.25) is 4.79 Å². The van der Waals surface area contributed by atoms with Crippen molar-refractivity contribution in [1.82, 2.24) is 0 Å². The van der Waals surface area contributed by atoms with Crippen LogP contribution in [-0.4, -0.2) is 19.0 Å². The zero-order chi connectivity index (χ0) is 13.3. The topological polar surface area (TPSA) is 99.6 Å². The second-order valence-corrected chi connectivity index (χ2v) is 3.56. The van der Waals surface area contributed by atoms with Gasteiger partial charge in [-0.05, 0) is 24.3 Å². The SMILES string of the molecule is COC(=O)c1ccc2oc(=O)c(C(N)=O)cc2c1. The van der Waals surface area contributed by atoms with Crippen LogP contribution in [0.2, 0.25) is 0 Å². The average molecular weight is 247 g/mol. The normalized spacial score (nSPS) is 10.3. The smallest absolute Gasteiger partial charge is 0.349 e. The highest BCUT2D eigenvalue weighted by molar-refractivity contribution is 5.98. The third kappa shape index (κ3) is 1.95. The van der Waals surface area contributed by atoms with E-state index in [1.807, 2.05) is 0 Å². The van der Waals surface area contributed by atoms with E-state index in [2.05, 4.69) is 4.74 Å². The Morgan fingerprint density at radius 3 is 2.61 bits per heavy atom. The number of rotatable bonds is 2. The van der Waals surface area contributed by atoms with E-state index in [9.17, 15) is 14.4 Å². The van der Waals surface area contributed by atoms with Crippen LogP contribution in [0, 0.1) is 0 Å². The van der Waals surface area contributed by atoms with Crippen molar-refractivity contribution in [3.63, 3.8) is 0 Å². The van der Waals surface area contributed by atoms with Gasteiger partial charge < -0.3 is 14.9 Å². The summed E-state index contributed by atoms with van der Waals surface area (Å²) in [5.41, 5.74) is 4.52. The summed E-state index contributed by atoms with van der Waals surface area (Å²) in [7, 11) is 1.26. The Morgan fingerprint density at radius 2 is 2.00 bits per heavy atom. The first-order chi connectivity index (χ1) is 8.52. The molecule has 1 amide bonds. The predicted octanol–water partition coefficient (Wildman–Crippen LogP) is 0.678. The number of hydrogen-bond donors (Lipinski definition) is 1. The third-order valence-corrected chi connectivity index (χ3v) is 2.42. The molecular weight excluding hydrogens is 238 g/mol. The number of nitrogens with two attached hydrogens (primary N) is 1. The maximum absolute atomic E-state index is 11.4. The molecule has 6 nitrogen and oxygen atoms in total. The van der Waals surface area contributed by atoms with Crippen molar-refractivity contribution in [2.45, 2.75) is 0 Å². The summed E-state index contributed by atoms with van der Waals surface area (Å²) in [5.74, 6) is -1.40. The zero-order valence-electron chi connectivity index (χ0n) is 9.43. The minimum absolute atomic E-state index is 0.260. The summed E-state index contributed by atoms with van der Waals surface area (Å²) in [4.78, 5) is 33.7. The van der Waals surface area contributed by atoms with Crippen LogP contribution < -0.4 is 11.4 Å². The quantitative estimate of drug-likeness (QED) is 0.621. The van der Waals surface area contributed by atoms with Crippen molar-refractivity contribution in [2.24, 2.45) is 5.73 Å². The van der Waals surface area contributed by atoms with Crippen LogP contribution in [-0.2, 0) is 4.74 Å². The molecule has 1 aromatic heterocycles. The molecule has 18 heavy (non-hydrogen) atoms. The van der Waals surface area contributed by atoms with Gasteiger partial charge in [-0.25, -0.2) is 9.59 Å². The number of carbonyl (C=O) groups excluding carboxylic acids is 2. The lowest BCUT2D eigenvalue weighted by molar-refractivity contribution is 0.0601. The Kier molecular flexibility index (Phi) is 2.85. The minimum Gasteiger partial charge on any atom is -0.465 e. The summed E-state index contributed by atoms with van der Waals surface area (Å²) in [6.45, 7) is 0. The summed E-state index contributed by atoms with van der Waals surface area (Å²) in [6, 6.07) is 5.65. The van der Waals surface area contributed by atoms with E-state index >= 15 is 0 Å². The molecule has 6 heteroatoms. The molecule has 92 valence electrons. The number of carbonyl (C=O) groups is 2. The van der Waals surface area contributed by atoms with Gasteiger partial charge in [0.2, 0.25) is 0 Å². The molecule has 0 saturated heterocycles. The maximum Gasteiger partial charge on any atom is 0.349 e. The maximum atomic E-state index is 11.4. The number of benzene rings is 1. The minimum atomic E-state index is -0.880. The van der Waals surface area contributed by atoms with E-state index in [1.165, 1.54) is 31.4 Å². The number of ether oxygens (including phenoxy) is 1. The van der Waals surface area contributed by atoms with Gasteiger partial charge in [0, 0.05) is 5.39 Å². The number of primary amides is 1. The molecule has 1 aromatic carbocycles. The number of amides is 1. The van der Waals surface area contributed by atoms with E-state index in [1.54, 1.807) is 0 Å². The van der Waals surface area contributed by atoms with Gasteiger partial charge in [-0.1, -0.05) is 0 Å². The molecule has 0 atom stereocenters. The van der Waals surface area contributed by atoms with Crippen LogP contribution in [0.25, 0.3) is 11.0 Å². The predicted molar refractivity (Wildman–Crippen MR) is 62.3 cm³/mol. The summed E-state index contributed by atoms with van der Waals surface area (Å²) in [5, 5.41) is 0.423. The van der Waals surface area contributed by atoms with Crippen LogP contribution in [0.4, 0.5) is 0 Å². The van der Waals surface area contributed by atoms with Crippen molar-refractivity contribution < 1.29 is 18.7 Å². The molecule has 2 rings (SSSR count). The first-order valence-corrected chi connectivity index (χ1v) is 4.99. The van der Waals surface area contributed by atoms with Crippen molar-refractivity contribution in [1.29, 1.82) is 0 Å². The van der Waals surface area contributed by atoms with Crippen LogP contribution in [0.15, 0.2) is 33.5 Å². The van der Waals surface area contributed by atoms with Gasteiger partial charge in [0.15, 0.2) is 0 Å². The highest BCUT2D eigenvalue weighted by atomic mass is 16.5. The number of fused-ring (bicyclic) bond motifs is 1. The van der Waals surface area contributed by atoms with Crippen LogP contribution >= 0.6 is 0 Å². The lowest BCUT2D eigenvalue weighted by atomic mass is 10.1. The molecule has 1 heterocycles. The van der Waals surface area contributed by atoms with Crippen molar-refractivity contribution in [3.8, 4) is 0 Å². The molecule has 0 radical (unpaired) electrons. The molecule has 0 saturated carbocycles. The second kappa shape index (κ2) is 4.33. The second-order valence-electron chi connectivity index (χ2n) is 3.56. The van der Waals surface area contributed by atoms with E-state index in [-0.39, 0.29) is 16.7 Å². The molecule has 0 unspecified atom stereocenters. The van der Waals surface area contributed by atoms with E-state index in [4.69, 9.17) is 10.2 Å². The highest BCUT2D eigenvalue weighted by Gasteiger charge is 2.12. The van der Waals surface area contributed by atoms with Crippen molar-refractivity contribution >= 4 is 22.8 Å². The van der Waals surface area contributed by atoms with Gasteiger partial charge in [-0.15, -0.1) is 0 Å². The van der Waals surface area contributed by atoms with Crippen molar-refractivity contribution in [2.75, 3.05) is 7.11 Å². The Bertz CT molecular complexity index is 701. The van der Waals surface area contributed by atoms with E-state index < -0.39 is 17.5 Å². The highest BCUT2D eigenvalue weighted by Crippen LogP contribution is 2.16. The Morgan fingerprint density at radius 1 is 1.28 bits per heavy atom. The summed E-state index contributed by atoms with van der Waals surface area (Å²) >= 11 is 0. The largest absolute Gasteiger partial charge is 0.465 e. The van der Waals surface area contributed by atoms with Gasteiger partial charge in [0.1, 0.15) is 11.1 Å². The molecule has 0 fully saturated rings. The monoisotopic (exact) mass is 247 g/mol. The Labute approximate surface area is 101 Å². The fourth-order valence-corrected chi connectivity index (χ4v) is 1.54. The number of methoxy groups -OCH3 is 1. The molecule has 2 N–H and O–H groups in total. The average Bonchev–Trinajstić information content (AvgIpc) is 2.36. The van der Waals surface area contributed by atoms with Gasteiger partial charge in [0.25, 0.3) is 5.91 Å².